The van der Waals surface area contributed by atoms with Crippen LogP contribution in [-0.4, -0.2) is 31.6 Å². The molecule has 1 aliphatic rings. The normalized spacial score (nSPS) is 28.3. The summed E-state index contributed by atoms with van der Waals surface area (Å²) in [5.74, 6) is 0. The van der Waals surface area contributed by atoms with Crippen LogP contribution in [-0.2, 0) is 14.7 Å². The maximum atomic E-state index is 11.5. The highest BCUT2D eigenvalue weighted by molar-refractivity contribution is 7.91. The Morgan fingerprint density at radius 3 is 2.33 bits per heavy atom. The third-order valence-electron chi connectivity index (χ3n) is 2.52. The van der Waals surface area contributed by atoms with Crippen LogP contribution in [0.1, 0.15) is 40.0 Å². The van der Waals surface area contributed by atoms with Gasteiger partial charge in [-0.3, -0.25) is 4.84 Å². The molecule has 90 valence electrons. The van der Waals surface area contributed by atoms with E-state index in [1.54, 1.807) is 0 Å². The van der Waals surface area contributed by atoms with E-state index in [0.29, 0.717) is 0 Å². The van der Waals surface area contributed by atoms with Gasteiger partial charge in [-0.15, -0.1) is 0 Å². The van der Waals surface area contributed by atoms with Crippen LogP contribution >= 0.6 is 0 Å². The molecular weight excluding hydrogens is 214 g/mol. The first-order valence-electron chi connectivity index (χ1n) is 5.32. The van der Waals surface area contributed by atoms with Gasteiger partial charge in [-0.2, -0.15) is 5.48 Å². The van der Waals surface area contributed by atoms with Crippen molar-refractivity contribution in [2.45, 2.75) is 56.9 Å². The highest BCUT2D eigenvalue weighted by Gasteiger charge is 2.35. The van der Waals surface area contributed by atoms with Gasteiger partial charge < -0.3 is 0 Å². The lowest BCUT2D eigenvalue weighted by Crippen LogP contribution is -2.43. The van der Waals surface area contributed by atoms with E-state index in [1.165, 1.54) is 6.26 Å². The SMILES string of the molecule is CC(C)(C)ONC1CCCC1S(C)(=O)=O. The van der Waals surface area contributed by atoms with Gasteiger partial charge in [0.05, 0.1) is 10.9 Å². The van der Waals surface area contributed by atoms with E-state index < -0.39 is 9.84 Å². The zero-order valence-electron chi connectivity index (χ0n) is 9.91. The Morgan fingerprint density at radius 2 is 1.87 bits per heavy atom. The minimum absolute atomic E-state index is 0.0563. The Hall–Kier alpha value is -0.130. The first-order chi connectivity index (χ1) is 6.70. The zero-order valence-corrected chi connectivity index (χ0v) is 10.7. The van der Waals surface area contributed by atoms with Crippen molar-refractivity contribution in [1.29, 1.82) is 0 Å². The molecule has 5 heteroatoms. The van der Waals surface area contributed by atoms with Crippen molar-refractivity contribution in [2.75, 3.05) is 6.26 Å². The van der Waals surface area contributed by atoms with E-state index in [0.717, 1.165) is 19.3 Å². The van der Waals surface area contributed by atoms with E-state index in [-0.39, 0.29) is 16.9 Å². The molecule has 0 saturated heterocycles. The third kappa shape index (κ3) is 4.09. The second-order valence-corrected chi connectivity index (χ2v) is 7.50. The summed E-state index contributed by atoms with van der Waals surface area (Å²) >= 11 is 0. The lowest BCUT2D eigenvalue weighted by Gasteiger charge is -2.25. The number of rotatable bonds is 3. The van der Waals surface area contributed by atoms with Crippen molar-refractivity contribution in [3.8, 4) is 0 Å². The van der Waals surface area contributed by atoms with Crippen molar-refractivity contribution in [3.05, 3.63) is 0 Å². The molecule has 0 radical (unpaired) electrons. The molecule has 0 aliphatic heterocycles. The Kier molecular flexibility index (Phi) is 3.79. The lowest BCUT2D eigenvalue weighted by molar-refractivity contribution is -0.0868. The topological polar surface area (TPSA) is 55.4 Å². The van der Waals surface area contributed by atoms with E-state index >= 15 is 0 Å². The smallest absolute Gasteiger partial charge is 0.151 e. The molecule has 15 heavy (non-hydrogen) atoms. The summed E-state index contributed by atoms with van der Waals surface area (Å²) in [4.78, 5) is 5.42. The minimum Gasteiger partial charge on any atom is -0.296 e. The van der Waals surface area contributed by atoms with Gasteiger partial charge in [0, 0.05) is 12.3 Å². The molecule has 1 saturated carbocycles. The molecule has 1 aliphatic carbocycles. The predicted molar refractivity (Wildman–Crippen MR) is 60.2 cm³/mol. The van der Waals surface area contributed by atoms with Crippen LogP contribution < -0.4 is 5.48 Å². The number of hydrogen-bond acceptors (Lipinski definition) is 4. The average Bonchev–Trinajstić information content (AvgIpc) is 2.45. The van der Waals surface area contributed by atoms with Gasteiger partial charge in [0.25, 0.3) is 0 Å². The summed E-state index contributed by atoms with van der Waals surface area (Å²) in [5, 5.41) is -0.292. The van der Waals surface area contributed by atoms with Gasteiger partial charge in [-0.05, 0) is 33.6 Å². The second kappa shape index (κ2) is 4.39. The van der Waals surface area contributed by atoms with Crippen molar-refractivity contribution in [1.82, 2.24) is 5.48 Å². The van der Waals surface area contributed by atoms with Gasteiger partial charge in [-0.1, -0.05) is 6.42 Å². The molecular formula is C10H21NO3S. The molecule has 0 amide bonds. The summed E-state index contributed by atoms with van der Waals surface area (Å²) in [6.07, 6.45) is 3.86. The molecule has 2 atom stereocenters. The van der Waals surface area contributed by atoms with E-state index in [2.05, 4.69) is 5.48 Å². The second-order valence-electron chi connectivity index (χ2n) is 5.24. The summed E-state index contributed by atoms with van der Waals surface area (Å²) in [7, 11) is -2.96. The summed E-state index contributed by atoms with van der Waals surface area (Å²) < 4.78 is 22.9. The molecule has 4 nitrogen and oxygen atoms in total. The van der Waals surface area contributed by atoms with Gasteiger partial charge in [0.15, 0.2) is 9.84 Å². The van der Waals surface area contributed by atoms with E-state index in [4.69, 9.17) is 4.84 Å². The molecule has 0 bridgehead atoms. The Bertz CT molecular complexity index is 305. The zero-order chi connectivity index (χ0) is 11.7. The minimum atomic E-state index is -2.96. The van der Waals surface area contributed by atoms with Crippen LogP contribution in [0, 0.1) is 0 Å². The molecule has 0 aromatic heterocycles. The largest absolute Gasteiger partial charge is 0.296 e. The first-order valence-corrected chi connectivity index (χ1v) is 7.28. The van der Waals surface area contributed by atoms with Crippen molar-refractivity contribution < 1.29 is 13.3 Å². The van der Waals surface area contributed by atoms with Gasteiger partial charge >= 0.3 is 0 Å². The van der Waals surface area contributed by atoms with E-state index in [1.807, 2.05) is 20.8 Å². The number of hydroxylamine groups is 1. The molecule has 0 aromatic carbocycles. The molecule has 0 heterocycles. The van der Waals surface area contributed by atoms with Crippen LogP contribution in [0.15, 0.2) is 0 Å². The number of hydrogen-bond donors (Lipinski definition) is 1. The standard InChI is InChI=1S/C10H21NO3S/c1-10(2,3)14-11-8-6-5-7-9(8)15(4,12)13/h8-9,11H,5-7H2,1-4H3. The van der Waals surface area contributed by atoms with Crippen LogP contribution in [0.25, 0.3) is 0 Å². The quantitative estimate of drug-likeness (QED) is 0.749. The molecule has 1 fully saturated rings. The van der Waals surface area contributed by atoms with Crippen LogP contribution in [0.4, 0.5) is 0 Å². The third-order valence-corrected chi connectivity index (χ3v) is 4.18. The average molecular weight is 235 g/mol. The molecule has 0 aromatic rings. The van der Waals surface area contributed by atoms with Crippen molar-refractivity contribution in [3.63, 3.8) is 0 Å². The Morgan fingerprint density at radius 1 is 1.27 bits per heavy atom. The van der Waals surface area contributed by atoms with Gasteiger partial charge in [0.1, 0.15) is 0 Å². The van der Waals surface area contributed by atoms with Gasteiger partial charge in [0.2, 0.25) is 0 Å². The molecule has 1 rings (SSSR count). The lowest BCUT2D eigenvalue weighted by atomic mass is 10.2. The highest BCUT2D eigenvalue weighted by atomic mass is 32.2. The Balaban J connectivity index is 2.55. The fourth-order valence-corrected chi connectivity index (χ4v) is 3.21. The summed E-state index contributed by atoms with van der Waals surface area (Å²) in [6, 6.07) is -0.0563. The predicted octanol–water partition coefficient (Wildman–Crippen LogP) is 1.27. The number of sulfone groups is 1. The van der Waals surface area contributed by atoms with Gasteiger partial charge in [-0.25, -0.2) is 8.42 Å². The fraction of sp³-hybridized carbons (Fsp3) is 1.00. The van der Waals surface area contributed by atoms with Crippen molar-refractivity contribution in [2.24, 2.45) is 0 Å². The van der Waals surface area contributed by atoms with Crippen molar-refractivity contribution >= 4 is 9.84 Å². The number of nitrogens with one attached hydrogen (secondary N) is 1. The Labute approximate surface area is 92.3 Å². The molecule has 0 spiro atoms. The van der Waals surface area contributed by atoms with Crippen LogP contribution in [0.2, 0.25) is 0 Å². The van der Waals surface area contributed by atoms with Crippen LogP contribution in [0.5, 0.6) is 0 Å². The summed E-state index contributed by atoms with van der Waals surface area (Å²) in [6.45, 7) is 5.80. The van der Waals surface area contributed by atoms with E-state index in [9.17, 15) is 8.42 Å². The fourth-order valence-electron chi connectivity index (χ4n) is 1.83. The molecule has 1 N–H and O–H groups in total. The first kappa shape index (κ1) is 12.9. The monoisotopic (exact) mass is 235 g/mol. The highest BCUT2D eigenvalue weighted by Crippen LogP contribution is 2.25. The molecule has 2 unspecified atom stereocenters. The van der Waals surface area contributed by atoms with Crippen LogP contribution in [0.3, 0.4) is 0 Å². The maximum absolute atomic E-state index is 11.5. The maximum Gasteiger partial charge on any atom is 0.151 e. The summed E-state index contributed by atoms with van der Waals surface area (Å²) in [5.41, 5.74) is 2.61.